The van der Waals surface area contributed by atoms with Crippen molar-refractivity contribution in [3.05, 3.63) is 78.1 Å². The number of amides is 2. The van der Waals surface area contributed by atoms with E-state index in [-0.39, 0.29) is 18.1 Å². The number of carbonyl (C=O) groups is 2. The molecule has 2 aromatic heterocycles. The van der Waals surface area contributed by atoms with Crippen LogP contribution in [0, 0.1) is 0 Å². The van der Waals surface area contributed by atoms with Crippen molar-refractivity contribution in [2.75, 3.05) is 0 Å². The van der Waals surface area contributed by atoms with Crippen molar-refractivity contribution in [2.45, 2.75) is 64.5 Å². The maximum atomic E-state index is 12.5. The summed E-state index contributed by atoms with van der Waals surface area (Å²) in [6, 6.07) is 18.0. The molecule has 2 aromatic carbocycles. The number of nitrogens with one attached hydrogen (secondary N) is 1. The highest BCUT2D eigenvalue weighted by atomic mass is 16.3. The maximum Gasteiger partial charge on any atom is 0.240 e. The van der Waals surface area contributed by atoms with E-state index in [1.54, 1.807) is 24.3 Å². The van der Waals surface area contributed by atoms with Crippen LogP contribution in [0.3, 0.4) is 0 Å². The molecule has 198 valence electrons. The zero-order valence-electron chi connectivity index (χ0n) is 21.8. The summed E-state index contributed by atoms with van der Waals surface area (Å²) in [6.07, 6.45) is 6.88. The van der Waals surface area contributed by atoms with Gasteiger partial charge in [-0.2, -0.15) is 5.10 Å². The number of pyridine rings is 1. The number of nitrogens with two attached hydrogens (primary N) is 1. The number of phenols is 1. The third-order valence-electron chi connectivity index (χ3n) is 6.62. The van der Waals surface area contributed by atoms with Crippen molar-refractivity contribution in [3.63, 3.8) is 0 Å². The topological polar surface area (TPSA) is 123 Å². The van der Waals surface area contributed by atoms with Crippen molar-refractivity contribution >= 4 is 22.6 Å². The average Bonchev–Trinajstić information content (AvgIpc) is 3.33. The third kappa shape index (κ3) is 7.18. The molecule has 4 rings (SSSR count). The third-order valence-corrected chi connectivity index (χ3v) is 6.62. The van der Waals surface area contributed by atoms with Gasteiger partial charge in [0.1, 0.15) is 17.5 Å². The van der Waals surface area contributed by atoms with Gasteiger partial charge < -0.3 is 16.2 Å². The first kappa shape index (κ1) is 26.9. The number of hydrogen-bond acceptors (Lipinski definition) is 5. The van der Waals surface area contributed by atoms with Crippen LogP contribution in [0.2, 0.25) is 0 Å². The van der Waals surface area contributed by atoms with Crippen LogP contribution in [0.1, 0.15) is 50.3 Å². The summed E-state index contributed by atoms with van der Waals surface area (Å²) in [4.78, 5) is 29.0. The summed E-state index contributed by atoms with van der Waals surface area (Å²) in [6.45, 7) is 3.01. The van der Waals surface area contributed by atoms with Gasteiger partial charge in [0.15, 0.2) is 0 Å². The Bertz CT molecular complexity index is 1380. The number of aromatic hydroxyl groups is 1. The molecule has 0 saturated heterocycles. The Kier molecular flexibility index (Phi) is 9.08. The summed E-state index contributed by atoms with van der Waals surface area (Å²) in [7, 11) is 0. The van der Waals surface area contributed by atoms with E-state index < -0.39 is 11.9 Å². The van der Waals surface area contributed by atoms with Crippen LogP contribution in [0.5, 0.6) is 5.75 Å². The van der Waals surface area contributed by atoms with Gasteiger partial charge in [-0.3, -0.25) is 19.3 Å². The Morgan fingerprint density at radius 2 is 1.76 bits per heavy atom. The molecule has 0 aliphatic rings. The fourth-order valence-corrected chi connectivity index (χ4v) is 4.46. The van der Waals surface area contributed by atoms with Gasteiger partial charge in [0.2, 0.25) is 11.8 Å². The van der Waals surface area contributed by atoms with Crippen LogP contribution in [-0.2, 0) is 29.0 Å². The standard InChI is InChI=1S/C30H35N5O3/c1-2-3-16-35-24(19-27(34-35)26-18-22-8-4-5-9-23(22)20-32-26)10-6-7-11-29(37)33-28(30(31)38)17-21-12-14-25(36)15-13-21/h4-5,8-9,12-15,18-20,28,36H,2-3,6-7,10-11,16-17H2,1H3,(H2,31,38)(H,33,37). The Morgan fingerprint density at radius 3 is 2.50 bits per heavy atom. The lowest BCUT2D eigenvalue weighted by atomic mass is 10.0. The van der Waals surface area contributed by atoms with Gasteiger partial charge in [-0.25, -0.2) is 0 Å². The van der Waals surface area contributed by atoms with E-state index in [9.17, 15) is 14.7 Å². The first-order chi connectivity index (χ1) is 18.4. The van der Waals surface area contributed by atoms with E-state index in [0.717, 1.165) is 65.6 Å². The van der Waals surface area contributed by atoms with Crippen LogP contribution >= 0.6 is 0 Å². The van der Waals surface area contributed by atoms with Gasteiger partial charge in [-0.15, -0.1) is 0 Å². The number of fused-ring (bicyclic) bond motifs is 1. The highest BCUT2D eigenvalue weighted by molar-refractivity contribution is 5.87. The zero-order valence-corrected chi connectivity index (χ0v) is 21.8. The van der Waals surface area contributed by atoms with Crippen LogP contribution in [0.25, 0.3) is 22.2 Å². The van der Waals surface area contributed by atoms with Crippen molar-refractivity contribution in [3.8, 4) is 17.1 Å². The quantitative estimate of drug-likeness (QED) is 0.227. The molecule has 0 saturated carbocycles. The summed E-state index contributed by atoms with van der Waals surface area (Å²) in [5.41, 5.74) is 9.16. The van der Waals surface area contributed by atoms with Gasteiger partial charge in [-0.05, 0) is 60.9 Å². The second kappa shape index (κ2) is 12.9. The second-order valence-corrected chi connectivity index (χ2v) is 9.61. The van der Waals surface area contributed by atoms with E-state index in [1.807, 2.05) is 24.4 Å². The Morgan fingerprint density at radius 1 is 1.00 bits per heavy atom. The van der Waals surface area contributed by atoms with Gasteiger partial charge in [0, 0.05) is 36.7 Å². The van der Waals surface area contributed by atoms with E-state index in [2.05, 4.69) is 40.1 Å². The molecule has 0 fully saturated rings. The van der Waals surface area contributed by atoms with Crippen molar-refractivity contribution in [2.24, 2.45) is 5.73 Å². The lowest BCUT2D eigenvalue weighted by Gasteiger charge is -2.15. The number of hydrogen-bond donors (Lipinski definition) is 3. The van der Waals surface area contributed by atoms with Gasteiger partial charge in [0.05, 0.1) is 5.69 Å². The highest BCUT2D eigenvalue weighted by Gasteiger charge is 2.19. The lowest BCUT2D eigenvalue weighted by Crippen LogP contribution is -2.45. The number of nitrogens with zero attached hydrogens (tertiary/aromatic N) is 3. The molecule has 4 aromatic rings. The summed E-state index contributed by atoms with van der Waals surface area (Å²) in [5, 5.41) is 19.3. The molecular formula is C30H35N5O3. The molecular weight excluding hydrogens is 478 g/mol. The normalized spacial score (nSPS) is 11.9. The van der Waals surface area contributed by atoms with E-state index in [1.165, 1.54) is 0 Å². The monoisotopic (exact) mass is 513 g/mol. The molecule has 0 aliphatic heterocycles. The SMILES string of the molecule is CCCCn1nc(-c2cc3ccccc3cn2)cc1CCCCC(=O)NC(Cc1ccc(O)cc1)C(N)=O. The van der Waals surface area contributed by atoms with E-state index in [4.69, 9.17) is 10.8 Å². The molecule has 1 atom stereocenters. The Labute approximate surface area is 222 Å². The maximum absolute atomic E-state index is 12.5. The lowest BCUT2D eigenvalue weighted by molar-refractivity contribution is -0.127. The van der Waals surface area contributed by atoms with Crippen molar-refractivity contribution in [1.82, 2.24) is 20.1 Å². The summed E-state index contributed by atoms with van der Waals surface area (Å²) in [5.74, 6) is -0.640. The summed E-state index contributed by atoms with van der Waals surface area (Å²) < 4.78 is 2.07. The molecule has 2 amide bonds. The minimum absolute atomic E-state index is 0.144. The molecule has 2 heterocycles. The molecule has 0 bridgehead atoms. The molecule has 1 unspecified atom stereocenters. The molecule has 38 heavy (non-hydrogen) atoms. The van der Waals surface area contributed by atoms with Crippen molar-refractivity contribution in [1.29, 1.82) is 0 Å². The number of aryl methyl sites for hydroxylation is 2. The molecule has 0 aliphatic carbocycles. The van der Waals surface area contributed by atoms with Crippen LogP contribution < -0.4 is 11.1 Å². The number of rotatable bonds is 13. The molecule has 0 radical (unpaired) electrons. The second-order valence-electron chi connectivity index (χ2n) is 9.61. The van der Waals surface area contributed by atoms with Gasteiger partial charge in [-0.1, -0.05) is 49.7 Å². The minimum Gasteiger partial charge on any atom is -0.508 e. The Balaban J connectivity index is 1.34. The van der Waals surface area contributed by atoms with Crippen molar-refractivity contribution < 1.29 is 14.7 Å². The minimum atomic E-state index is -0.792. The fraction of sp³-hybridized carbons (Fsp3) is 0.333. The average molecular weight is 514 g/mol. The number of primary amides is 1. The molecule has 8 heteroatoms. The van der Waals surface area contributed by atoms with Crippen LogP contribution in [0.4, 0.5) is 0 Å². The van der Waals surface area contributed by atoms with E-state index >= 15 is 0 Å². The molecule has 4 N–H and O–H groups in total. The molecule has 0 spiro atoms. The number of benzene rings is 2. The molecule has 8 nitrogen and oxygen atoms in total. The first-order valence-electron chi connectivity index (χ1n) is 13.2. The highest BCUT2D eigenvalue weighted by Crippen LogP contribution is 2.23. The smallest absolute Gasteiger partial charge is 0.240 e. The zero-order chi connectivity index (χ0) is 26.9. The van der Waals surface area contributed by atoms with Gasteiger partial charge >= 0.3 is 0 Å². The van der Waals surface area contributed by atoms with Crippen LogP contribution in [-0.4, -0.2) is 37.7 Å². The van der Waals surface area contributed by atoms with Crippen LogP contribution in [0.15, 0.2) is 66.9 Å². The fourth-order valence-electron chi connectivity index (χ4n) is 4.46. The summed E-state index contributed by atoms with van der Waals surface area (Å²) >= 11 is 0. The first-order valence-corrected chi connectivity index (χ1v) is 13.2. The number of aromatic nitrogens is 3. The Hall–Kier alpha value is -4.20. The predicted molar refractivity (Wildman–Crippen MR) is 148 cm³/mol. The predicted octanol–water partition coefficient (Wildman–Crippen LogP) is 4.53. The largest absolute Gasteiger partial charge is 0.508 e. The van der Waals surface area contributed by atoms with E-state index in [0.29, 0.717) is 12.8 Å². The number of phenolic OH excluding ortho intramolecular Hbond substituents is 1. The van der Waals surface area contributed by atoms with Gasteiger partial charge in [0.25, 0.3) is 0 Å². The number of unbranched alkanes of at least 4 members (excludes halogenated alkanes) is 2. The number of carbonyl (C=O) groups excluding carboxylic acids is 2.